The number of hydrogen-bond donors (Lipinski definition) is 3. The van der Waals surface area contributed by atoms with Crippen LogP contribution in [0, 0.1) is 0 Å². The van der Waals surface area contributed by atoms with Crippen molar-refractivity contribution < 1.29 is 32.9 Å². The summed E-state index contributed by atoms with van der Waals surface area (Å²) in [5.74, 6) is 0.0585. The summed E-state index contributed by atoms with van der Waals surface area (Å²) in [6.45, 7) is 1.13. The Kier molecular flexibility index (Phi) is 9.87. The minimum Gasteiger partial charge on any atom is -0.491 e. The molecule has 0 spiro atoms. The van der Waals surface area contributed by atoms with Gasteiger partial charge in [-0.3, -0.25) is 4.79 Å². The number of ether oxygens (including phenoxy) is 2. The fourth-order valence-corrected chi connectivity index (χ4v) is 4.54. The van der Waals surface area contributed by atoms with Gasteiger partial charge in [-0.2, -0.15) is 0 Å². The van der Waals surface area contributed by atoms with E-state index in [0.717, 1.165) is 0 Å². The van der Waals surface area contributed by atoms with Gasteiger partial charge in [0.15, 0.2) is 5.75 Å². The molecule has 8 nitrogen and oxygen atoms in total. The Morgan fingerprint density at radius 1 is 1.00 bits per heavy atom. The molecule has 1 amide bonds. The highest BCUT2D eigenvalue weighted by Gasteiger charge is 2.22. The highest BCUT2D eigenvalue weighted by Crippen LogP contribution is 2.37. The van der Waals surface area contributed by atoms with Crippen LogP contribution >= 0.6 is 34.8 Å². The average Bonchev–Trinajstić information content (AvgIpc) is 2.75. The SMILES string of the molecule is CC(=O)NC[C@H](O)COc1ccc(S(=O)(=O)c2cc(Cl)c(OC[C@@H](O)CCl)c(Cl)c2)cc1. The molecule has 0 fully saturated rings. The maximum atomic E-state index is 13.0. The van der Waals surface area contributed by atoms with E-state index in [1.807, 2.05) is 0 Å². The molecule has 2 rings (SSSR count). The topological polar surface area (TPSA) is 122 Å². The van der Waals surface area contributed by atoms with Gasteiger partial charge in [0.25, 0.3) is 0 Å². The molecule has 0 unspecified atom stereocenters. The summed E-state index contributed by atoms with van der Waals surface area (Å²) in [4.78, 5) is 10.7. The summed E-state index contributed by atoms with van der Waals surface area (Å²) in [6.07, 6.45) is -1.85. The Hall–Kier alpha value is -1.75. The molecule has 0 radical (unpaired) electrons. The zero-order valence-corrected chi connectivity index (χ0v) is 20.0. The third kappa shape index (κ3) is 7.40. The van der Waals surface area contributed by atoms with E-state index in [4.69, 9.17) is 44.3 Å². The Labute approximate surface area is 200 Å². The molecule has 0 aromatic heterocycles. The van der Waals surface area contributed by atoms with Crippen LogP contribution in [0.5, 0.6) is 11.5 Å². The van der Waals surface area contributed by atoms with Gasteiger partial charge in [0, 0.05) is 13.5 Å². The fourth-order valence-electron chi connectivity index (χ4n) is 2.42. The van der Waals surface area contributed by atoms with E-state index in [0.29, 0.717) is 5.75 Å². The third-order valence-corrected chi connectivity index (χ3v) is 6.71. The van der Waals surface area contributed by atoms with Crippen molar-refractivity contribution in [3.63, 3.8) is 0 Å². The zero-order valence-electron chi connectivity index (χ0n) is 16.9. The van der Waals surface area contributed by atoms with Gasteiger partial charge in [0.2, 0.25) is 15.7 Å². The van der Waals surface area contributed by atoms with E-state index in [-0.39, 0.29) is 57.1 Å². The minimum atomic E-state index is -3.95. The Balaban J connectivity index is 2.12. The van der Waals surface area contributed by atoms with Gasteiger partial charge < -0.3 is 25.0 Å². The van der Waals surface area contributed by atoms with Gasteiger partial charge in [-0.15, -0.1) is 11.6 Å². The molecule has 0 bridgehead atoms. The van der Waals surface area contributed by atoms with Gasteiger partial charge in [0.1, 0.15) is 31.2 Å². The van der Waals surface area contributed by atoms with Crippen LogP contribution in [-0.2, 0) is 14.6 Å². The fraction of sp³-hybridized carbons (Fsp3) is 0.350. The lowest BCUT2D eigenvalue weighted by Gasteiger charge is -2.14. The lowest BCUT2D eigenvalue weighted by molar-refractivity contribution is -0.119. The van der Waals surface area contributed by atoms with E-state index in [9.17, 15) is 23.4 Å². The first-order valence-corrected chi connectivity index (χ1v) is 12.1. The second kappa shape index (κ2) is 11.9. The Bertz CT molecular complexity index is 1010. The molecule has 0 saturated heterocycles. The molecular weight excluding hydrogens is 505 g/mol. The summed E-state index contributed by atoms with van der Waals surface area (Å²) < 4.78 is 36.6. The number of sulfone groups is 1. The van der Waals surface area contributed by atoms with Crippen LogP contribution in [0.1, 0.15) is 6.92 Å². The zero-order chi connectivity index (χ0) is 23.9. The molecule has 2 aromatic carbocycles. The lowest BCUT2D eigenvalue weighted by atomic mass is 10.3. The predicted octanol–water partition coefficient (Wildman–Crippen LogP) is 2.68. The number of alkyl halides is 1. The molecular formula is C20H22Cl3NO7S. The minimum absolute atomic E-state index is 0.0259. The number of nitrogens with one attached hydrogen (secondary N) is 1. The molecule has 0 aliphatic heterocycles. The van der Waals surface area contributed by atoms with Crippen molar-refractivity contribution in [3.05, 3.63) is 46.4 Å². The number of amides is 1. The van der Waals surface area contributed by atoms with Gasteiger partial charge in [-0.05, 0) is 36.4 Å². The number of hydrogen-bond acceptors (Lipinski definition) is 7. The second-order valence-electron chi connectivity index (χ2n) is 6.71. The highest BCUT2D eigenvalue weighted by molar-refractivity contribution is 7.91. The quantitative estimate of drug-likeness (QED) is 0.385. The number of rotatable bonds is 11. The maximum Gasteiger partial charge on any atom is 0.216 e. The van der Waals surface area contributed by atoms with Crippen LogP contribution in [0.2, 0.25) is 10.0 Å². The van der Waals surface area contributed by atoms with Crippen molar-refractivity contribution in [2.45, 2.75) is 28.9 Å². The van der Waals surface area contributed by atoms with Gasteiger partial charge >= 0.3 is 0 Å². The predicted molar refractivity (Wildman–Crippen MR) is 121 cm³/mol. The Morgan fingerprint density at radius 3 is 2.09 bits per heavy atom. The third-order valence-electron chi connectivity index (χ3n) is 4.04. The second-order valence-corrected chi connectivity index (χ2v) is 9.78. The summed E-state index contributed by atoms with van der Waals surface area (Å²) in [5, 5.41) is 21.6. The standard InChI is InChI=1S/C20H22Cl3NO7S/c1-12(25)24-9-14(27)11-30-15-2-4-16(5-3-15)32(28,29)17-6-18(22)20(19(23)7-17)31-10-13(26)8-21/h2-7,13-14,26-27H,8-11H2,1H3,(H,24,25)/t13-,14-/m0/s1. The number of carbonyl (C=O) groups is 1. The van der Waals surface area contributed by atoms with Crippen molar-refractivity contribution in [3.8, 4) is 11.5 Å². The van der Waals surface area contributed by atoms with Crippen molar-refractivity contribution in [1.29, 1.82) is 0 Å². The van der Waals surface area contributed by atoms with Crippen LogP contribution in [0.3, 0.4) is 0 Å². The van der Waals surface area contributed by atoms with Crippen LogP contribution < -0.4 is 14.8 Å². The lowest BCUT2D eigenvalue weighted by Crippen LogP contribution is -2.33. The van der Waals surface area contributed by atoms with E-state index in [1.54, 1.807) is 0 Å². The summed E-state index contributed by atoms with van der Waals surface area (Å²) in [6, 6.07) is 7.96. The molecule has 176 valence electrons. The van der Waals surface area contributed by atoms with Crippen LogP contribution in [0.4, 0.5) is 0 Å². The van der Waals surface area contributed by atoms with E-state index in [1.165, 1.54) is 43.3 Å². The summed E-state index contributed by atoms with van der Waals surface area (Å²) in [7, 11) is -3.95. The monoisotopic (exact) mass is 525 g/mol. The number of carbonyl (C=O) groups excluding carboxylic acids is 1. The normalized spacial score (nSPS) is 13.3. The Morgan fingerprint density at radius 2 is 1.56 bits per heavy atom. The van der Waals surface area contributed by atoms with Gasteiger partial charge in [-0.25, -0.2) is 8.42 Å². The summed E-state index contributed by atoms with van der Waals surface area (Å²) in [5.41, 5.74) is 0. The van der Waals surface area contributed by atoms with Crippen molar-refractivity contribution >= 4 is 50.5 Å². The number of halogens is 3. The van der Waals surface area contributed by atoms with Crippen molar-refractivity contribution in [2.24, 2.45) is 0 Å². The molecule has 0 aliphatic rings. The average molecular weight is 527 g/mol. The van der Waals surface area contributed by atoms with Gasteiger partial charge in [-0.1, -0.05) is 23.2 Å². The molecule has 32 heavy (non-hydrogen) atoms. The molecule has 0 heterocycles. The van der Waals surface area contributed by atoms with Crippen molar-refractivity contribution in [2.75, 3.05) is 25.6 Å². The van der Waals surface area contributed by atoms with Gasteiger partial charge in [0.05, 0.1) is 25.7 Å². The van der Waals surface area contributed by atoms with Crippen LogP contribution in [0.15, 0.2) is 46.2 Å². The van der Waals surface area contributed by atoms with E-state index < -0.39 is 22.0 Å². The molecule has 0 saturated carbocycles. The maximum absolute atomic E-state index is 13.0. The van der Waals surface area contributed by atoms with E-state index in [2.05, 4.69) is 5.32 Å². The van der Waals surface area contributed by atoms with Crippen molar-refractivity contribution in [1.82, 2.24) is 5.32 Å². The molecule has 0 aliphatic carbocycles. The first kappa shape index (κ1) is 26.5. The molecule has 12 heteroatoms. The number of benzene rings is 2. The first-order valence-electron chi connectivity index (χ1n) is 9.31. The number of aliphatic hydroxyl groups is 2. The summed E-state index contributed by atoms with van der Waals surface area (Å²) >= 11 is 17.8. The first-order chi connectivity index (χ1) is 15.0. The number of aliphatic hydroxyl groups excluding tert-OH is 2. The smallest absolute Gasteiger partial charge is 0.216 e. The molecule has 2 atom stereocenters. The van der Waals surface area contributed by atoms with Crippen LogP contribution in [-0.4, -0.2) is 62.4 Å². The highest BCUT2D eigenvalue weighted by atomic mass is 35.5. The largest absolute Gasteiger partial charge is 0.491 e. The van der Waals surface area contributed by atoms with E-state index >= 15 is 0 Å². The molecule has 3 N–H and O–H groups in total. The molecule has 2 aromatic rings. The van der Waals surface area contributed by atoms with Crippen LogP contribution in [0.25, 0.3) is 0 Å².